The molecule has 0 aliphatic rings. The first-order valence-corrected chi connectivity index (χ1v) is 5.18. The molecule has 0 unspecified atom stereocenters. The van der Waals surface area contributed by atoms with E-state index in [9.17, 15) is 9.90 Å². The van der Waals surface area contributed by atoms with E-state index in [4.69, 9.17) is 5.73 Å². The molecular formula is C12H17ClN2O2. The number of nitrogens with one attached hydrogen (secondary N) is 1. The SMILES string of the molecule is CCCNC(=O)C=Cc1cc(N)ccc1O.Cl. The molecule has 1 rings (SSSR count). The van der Waals surface area contributed by atoms with Crippen molar-refractivity contribution in [3.63, 3.8) is 0 Å². The number of nitrogen functional groups attached to an aromatic ring is 1. The molecular weight excluding hydrogens is 240 g/mol. The fourth-order valence-electron chi connectivity index (χ4n) is 1.18. The van der Waals surface area contributed by atoms with E-state index < -0.39 is 0 Å². The van der Waals surface area contributed by atoms with Gasteiger partial charge in [0.15, 0.2) is 0 Å². The molecule has 0 aromatic heterocycles. The minimum atomic E-state index is -0.177. The van der Waals surface area contributed by atoms with E-state index in [0.717, 1.165) is 6.42 Å². The Morgan fingerprint density at radius 1 is 1.53 bits per heavy atom. The van der Waals surface area contributed by atoms with Crippen LogP contribution in [0.15, 0.2) is 24.3 Å². The van der Waals surface area contributed by atoms with Gasteiger partial charge in [-0.25, -0.2) is 0 Å². The number of carbonyl (C=O) groups excluding carboxylic acids is 1. The van der Waals surface area contributed by atoms with Gasteiger partial charge in [-0.2, -0.15) is 0 Å². The Labute approximate surface area is 107 Å². The summed E-state index contributed by atoms with van der Waals surface area (Å²) in [6, 6.07) is 4.71. The van der Waals surface area contributed by atoms with Crippen LogP contribution >= 0.6 is 12.4 Å². The lowest BCUT2D eigenvalue weighted by Crippen LogP contribution is -2.21. The molecule has 17 heavy (non-hydrogen) atoms. The molecule has 1 aromatic rings. The number of aromatic hydroxyl groups is 1. The van der Waals surface area contributed by atoms with Gasteiger partial charge in [-0.3, -0.25) is 4.79 Å². The Kier molecular flexibility index (Phi) is 6.82. The average molecular weight is 257 g/mol. The number of phenols is 1. The molecule has 0 atom stereocenters. The van der Waals surface area contributed by atoms with Crippen molar-refractivity contribution in [2.75, 3.05) is 12.3 Å². The molecule has 0 heterocycles. The highest BCUT2D eigenvalue weighted by Gasteiger charge is 1.98. The van der Waals surface area contributed by atoms with Gasteiger partial charge >= 0.3 is 0 Å². The van der Waals surface area contributed by atoms with Crippen molar-refractivity contribution in [2.45, 2.75) is 13.3 Å². The van der Waals surface area contributed by atoms with Crippen LogP contribution in [-0.4, -0.2) is 17.6 Å². The van der Waals surface area contributed by atoms with Gasteiger partial charge in [0.05, 0.1) is 0 Å². The Morgan fingerprint density at radius 3 is 2.88 bits per heavy atom. The van der Waals surface area contributed by atoms with E-state index in [1.165, 1.54) is 18.2 Å². The molecule has 94 valence electrons. The van der Waals surface area contributed by atoms with Crippen LogP contribution in [0.3, 0.4) is 0 Å². The zero-order valence-electron chi connectivity index (χ0n) is 9.64. The summed E-state index contributed by atoms with van der Waals surface area (Å²) in [4.78, 5) is 11.3. The Bertz CT molecular complexity index is 405. The van der Waals surface area contributed by atoms with Crippen LogP contribution in [-0.2, 0) is 4.79 Å². The summed E-state index contributed by atoms with van der Waals surface area (Å²) < 4.78 is 0. The summed E-state index contributed by atoms with van der Waals surface area (Å²) in [6.45, 7) is 2.62. The summed E-state index contributed by atoms with van der Waals surface area (Å²) in [5.41, 5.74) is 6.65. The van der Waals surface area contributed by atoms with Gasteiger partial charge in [0.25, 0.3) is 0 Å². The van der Waals surface area contributed by atoms with Crippen molar-refractivity contribution >= 4 is 30.1 Å². The van der Waals surface area contributed by atoms with Crippen LogP contribution in [0.25, 0.3) is 6.08 Å². The number of phenolic OH excluding ortho intramolecular Hbond substituents is 1. The lowest BCUT2D eigenvalue weighted by atomic mass is 10.1. The van der Waals surface area contributed by atoms with Gasteiger partial charge in [-0.15, -0.1) is 12.4 Å². The van der Waals surface area contributed by atoms with Crippen LogP contribution in [0.2, 0.25) is 0 Å². The summed E-state index contributed by atoms with van der Waals surface area (Å²) in [7, 11) is 0. The van der Waals surface area contributed by atoms with Crippen molar-refractivity contribution in [3.8, 4) is 5.75 Å². The average Bonchev–Trinajstić information content (AvgIpc) is 2.27. The fraction of sp³-hybridized carbons (Fsp3) is 0.250. The summed E-state index contributed by atoms with van der Waals surface area (Å²) >= 11 is 0. The van der Waals surface area contributed by atoms with Gasteiger partial charge in [0, 0.05) is 23.9 Å². The molecule has 0 aliphatic heterocycles. The van der Waals surface area contributed by atoms with E-state index in [1.54, 1.807) is 12.1 Å². The number of carbonyl (C=O) groups is 1. The lowest BCUT2D eigenvalue weighted by Gasteiger charge is -2.01. The molecule has 1 aromatic carbocycles. The highest BCUT2D eigenvalue weighted by Crippen LogP contribution is 2.20. The highest BCUT2D eigenvalue weighted by molar-refractivity contribution is 5.92. The molecule has 1 amide bonds. The first kappa shape index (κ1) is 15.3. The smallest absolute Gasteiger partial charge is 0.244 e. The maximum Gasteiger partial charge on any atom is 0.244 e. The third-order valence-corrected chi connectivity index (χ3v) is 2.02. The molecule has 0 radical (unpaired) electrons. The van der Waals surface area contributed by atoms with Crippen LogP contribution < -0.4 is 11.1 Å². The van der Waals surface area contributed by atoms with Crippen LogP contribution in [0.5, 0.6) is 5.75 Å². The second kappa shape index (κ2) is 7.57. The molecule has 0 aliphatic carbocycles. The van der Waals surface area contributed by atoms with Crippen LogP contribution in [0.4, 0.5) is 5.69 Å². The maximum absolute atomic E-state index is 11.3. The van der Waals surface area contributed by atoms with Crippen molar-refractivity contribution < 1.29 is 9.90 Å². The number of benzene rings is 1. The van der Waals surface area contributed by atoms with E-state index in [1.807, 2.05) is 6.92 Å². The van der Waals surface area contributed by atoms with Gasteiger partial charge in [0.2, 0.25) is 5.91 Å². The number of hydrogen-bond acceptors (Lipinski definition) is 3. The quantitative estimate of drug-likeness (QED) is 0.438. The normalized spacial score (nSPS) is 9.94. The van der Waals surface area contributed by atoms with Crippen molar-refractivity contribution in [3.05, 3.63) is 29.8 Å². The predicted octanol–water partition coefficient (Wildman–Crippen LogP) is 1.94. The number of hydrogen-bond donors (Lipinski definition) is 3. The summed E-state index contributed by atoms with van der Waals surface area (Å²) in [5, 5.41) is 12.2. The minimum absolute atomic E-state index is 0. The Balaban J connectivity index is 0.00000256. The highest BCUT2D eigenvalue weighted by atomic mass is 35.5. The molecule has 0 fully saturated rings. The fourth-order valence-corrected chi connectivity index (χ4v) is 1.18. The monoisotopic (exact) mass is 256 g/mol. The Morgan fingerprint density at radius 2 is 2.24 bits per heavy atom. The standard InChI is InChI=1S/C12H16N2O2.ClH/c1-2-7-14-12(16)6-3-9-8-10(13)4-5-11(9)15;/h3-6,8,15H,2,7,13H2,1H3,(H,14,16);1H. The minimum Gasteiger partial charge on any atom is -0.507 e. The first-order valence-electron chi connectivity index (χ1n) is 5.18. The lowest BCUT2D eigenvalue weighted by molar-refractivity contribution is -0.116. The number of anilines is 1. The number of rotatable bonds is 4. The molecule has 4 nitrogen and oxygen atoms in total. The van der Waals surface area contributed by atoms with Gasteiger partial charge < -0.3 is 16.2 Å². The van der Waals surface area contributed by atoms with Gasteiger partial charge in [-0.05, 0) is 30.7 Å². The largest absolute Gasteiger partial charge is 0.507 e. The second-order valence-corrected chi connectivity index (χ2v) is 3.44. The van der Waals surface area contributed by atoms with Crippen LogP contribution in [0, 0.1) is 0 Å². The number of amides is 1. The predicted molar refractivity (Wildman–Crippen MR) is 72.1 cm³/mol. The molecule has 5 heteroatoms. The number of halogens is 1. The van der Waals surface area contributed by atoms with Crippen molar-refractivity contribution in [1.29, 1.82) is 0 Å². The third-order valence-electron chi connectivity index (χ3n) is 2.02. The maximum atomic E-state index is 11.3. The number of nitrogens with two attached hydrogens (primary N) is 1. The van der Waals surface area contributed by atoms with Crippen molar-refractivity contribution in [1.82, 2.24) is 5.32 Å². The molecule has 4 N–H and O–H groups in total. The van der Waals surface area contributed by atoms with Gasteiger partial charge in [-0.1, -0.05) is 6.92 Å². The van der Waals surface area contributed by atoms with E-state index in [0.29, 0.717) is 17.8 Å². The Hall–Kier alpha value is -1.68. The zero-order valence-corrected chi connectivity index (χ0v) is 10.5. The van der Waals surface area contributed by atoms with Crippen molar-refractivity contribution in [2.24, 2.45) is 0 Å². The third kappa shape index (κ3) is 5.26. The molecule has 0 bridgehead atoms. The molecule has 0 saturated heterocycles. The van der Waals surface area contributed by atoms with Gasteiger partial charge in [0.1, 0.15) is 5.75 Å². The van der Waals surface area contributed by atoms with Crippen LogP contribution in [0.1, 0.15) is 18.9 Å². The second-order valence-electron chi connectivity index (χ2n) is 3.44. The van der Waals surface area contributed by atoms with E-state index >= 15 is 0 Å². The first-order chi connectivity index (χ1) is 7.63. The molecule has 0 saturated carbocycles. The van der Waals surface area contributed by atoms with E-state index in [2.05, 4.69) is 5.32 Å². The van der Waals surface area contributed by atoms with E-state index in [-0.39, 0.29) is 24.1 Å². The summed E-state index contributed by atoms with van der Waals surface area (Å²) in [5.74, 6) is -0.0718. The summed E-state index contributed by atoms with van der Waals surface area (Å²) in [6.07, 6.45) is 3.81. The topological polar surface area (TPSA) is 75.4 Å². The zero-order chi connectivity index (χ0) is 12.0. The molecule has 0 spiro atoms.